The van der Waals surface area contributed by atoms with Gasteiger partial charge in [-0.3, -0.25) is 0 Å². The number of aromatic nitrogens is 2. The second-order valence-electron chi connectivity index (χ2n) is 2.80. The summed E-state index contributed by atoms with van der Waals surface area (Å²) < 4.78 is 22.7. The lowest BCUT2D eigenvalue weighted by Crippen LogP contribution is -2.05. The maximum atomic E-state index is 11.4. The standard InChI is InChI=1S/C7H7N3O2S2/c1-14(11,12)6-4-2-3-13-5(4)9-7(8)10-6/h2-3H,1H3,(H2,8,9,10). The molecule has 0 aromatic carbocycles. The van der Waals surface area contributed by atoms with E-state index >= 15 is 0 Å². The first-order valence-corrected chi connectivity index (χ1v) is 6.46. The van der Waals surface area contributed by atoms with Crippen LogP contribution in [-0.4, -0.2) is 24.6 Å². The Kier molecular flexibility index (Phi) is 1.93. The molecule has 5 nitrogen and oxygen atoms in total. The molecule has 2 heterocycles. The highest BCUT2D eigenvalue weighted by atomic mass is 32.2. The molecule has 0 fully saturated rings. The van der Waals surface area contributed by atoms with Crippen LogP contribution >= 0.6 is 11.3 Å². The van der Waals surface area contributed by atoms with E-state index < -0.39 is 9.84 Å². The van der Waals surface area contributed by atoms with Crippen molar-refractivity contribution in [2.45, 2.75) is 5.03 Å². The summed E-state index contributed by atoms with van der Waals surface area (Å²) in [6.07, 6.45) is 1.10. The zero-order valence-corrected chi connectivity index (χ0v) is 8.89. The van der Waals surface area contributed by atoms with Crippen molar-refractivity contribution in [3.63, 3.8) is 0 Å². The average molecular weight is 229 g/mol. The van der Waals surface area contributed by atoms with Crippen molar-refractivity contribution >= 4 is 37.3 Å². The third-order valence-corrected chi connectivity index (χ3v) is 3.48. The maximum Gasteiger partial charge on any atom is 0.222 e. The largest absolute Gasteiger partial charge is 0.368 e. The van der Waals surface area contributed by atoms with Gasteiger partial charge in [-0.25, -0.2) is 18.4 Å². The number of rotatable bonds is 1. The Hall–Kier alpha value is -1.21. The summed E-state index contributed by atoms with van der Waals surface area (Å²) in [4.78, 5) is 8.26. The second kappa shape index (κ2) is 2.89. The third kappa shape index (κ3) is 1.44. The number of fused-ring (bicyclic) bond motifs is 1. The number of hydrogen-bond donors (Lipinski definition) is 1. The van der Waals surface area contributed by atoms with Crippen molar-refractivity contribution in [3.05, 3.63) is 11.4 Å². The minimum Gasteiger partial charge on any atom is -0.368 e. The molecule has 2 aromatic heterocycles. The molecule has 0 spiro atoms. The first kappa shape index (κ1) is 9.35. The molecule has 0 amide bonds. The van der Waals surface area contributed by atoms with Gasteiger partial charge in [-0.05, 0) is 11.4 Å². The normalized spacial score (nSPS) is 12.1. The van der Waals surface area contributed by atoms with Crippen LogP contribution in [0.5, 0.6) is 0 Å². The Morgan fingerprint density at radius 3 is 2.79 bits per heavy atom. The van der Waals surface area contributed by atoms with Crippen LogP contribution in [0, 0.1) is 0 Å². The van der Waals surface area contributed by atoms with Crippen molar-refractivity contribution in [2.75, 3.05) is 12.0 Å². The zero-order valence-electron chi connectivity index (χ0n) is 7.26. The van der Waals surface area contributed by atoms with Crippen LogP contribution < -0.4 is 5.73 Å². The molecule has 2 aromatic rings. The molecule has 7 heteroatoms. The SMILES string of the molecule is CS(=O)(=O)c1nc(N)nc2sccc12. The molecule has 74 valence electrons. The van der Waals surface area contributed by atoms with E-state index in [9.17, 15) is 8.42 Å². The van der Waals surface area contributed by atoms with E-state index in [0.717, 1.165) is 6.26 Å². The van der Waals surface area contributed by atoms with Gasteiger partial charge in [-0.1, -0.05) is 0 Å². The minimum atomic E-state index is -3.35. The fraction of sp³-hybridized carbons (Fsp3) is 0.143. The van der Waals surface area contributed by atoms with Gasteiger partial charge in [0.15, 0.2) is 14.9 Å². The molecule has 0 radical (unpaired) electrons. The molecule has 0 saturated heterocycles. The van der Waals surface area contributed by atoms with Gasteiger partial charge in [0, 0.05) is 11.6 Å². The van der Waals surface area contributed by atoms with Crippen LogP contribution in [0.15, 0.2) is 16.5 Å². The number of nitrogen functional groups attached to an aromatic ring is 1. The van der Waals surface area contributed by atoms with Crippen LogP contribution in [0.2, 0.25) is 0 Å². The summed E-state index contributed by atoms with van der Waals surface area (Å²) in [5.41, 5.74) is 5.40. The van der Waals surface area contributed by atoms with Crippen molar-refractivity contribution in [3.8, 4) is 0 Å². The fourth-order valence-corrected chi connectivity index (χ4v) is 2.79. The number of hydrogen-bond acceptors (Lipinski definition) is 6. The number of anilines is 1. The van der Waals surface area contributed by atoms with Crippen LogP contribution in [-0.2, 0) is 9.84 Å². The lowest BCUT2D eigenvalue weighted by molar-refractivity contribution is 0.599. The van der Waals surface area contributed by atoms with E-state index in [2.05, 4.69) is 9.97 Å². The predicted octanol–water partition coefficient (Wildman–Crippen LogP) is 0.677. The zero-order chi connectivity index (χ0) is 10.3. The highest BCUT2D eigenvalue weighted by Gasteiger charge is 2.16. The van der Waals surface area contributed by atoms with Crippen LogP contribution in [0.25, 0.3) is 10.2 Å². The molecule has 0 aliphatic carbocycles. The Balaban J connectivity index is 2.94. The van der Waals surface area contributed by atoms with Crippen molar-refractivity contribution < 1.29 is 8.42 Å². The maximum absolute atomic E-state index is 11.4. The first-order chi connectivity index (χ1) is 6.48. The van der Waals surface area contributed by atoms with Gasteiger partial charge >= 0.3 is 0 Å². The van der Waals surface area contributed by atoms with Crippen LogP contribution in [0.4, 0.5) is 5.95 Å². The molecule has 2 N–H and O–H groups in total. The number of sulfone groups is 1. The highest BCUT2D eigenvalue weighted by Crippen LogP contribution is 2.24. The molecule has 0 aliphatic rings. The molecule has 0 atom stereocenters. The molecular formula is C7H7N3O2S2. The molecule has 0 saturated carbocycles. The lowest BCUT2D eigenvalue weighted by atomic mass is 10.4. The van der Waals surface area contributed by atoms with Gasteiger partial charge in [0.25, 0.3) is 0 Å². The number of nitrogens with two attached hydrogens (primary N) is 1. The Morgan fingerprint density at radius 2 is 2.14 bits per heavy atom. The molecule has 0 bridgehead atoms. The third-order valence-electron chi connectivity index (χ3n) is 1.66. The lowest BCUT2D eigenvalue weighted by Gasteiger charge is -1.99. The predicted molar refractivity (Wildman–Crippen MR) is 54.9 cm³/mol. The molecular weight excluding hydrogens is 222 g/mol. The highest BCUT2D eigenvalue weighted by molar-refractivity contribution is 7.90. The summed E-state index contributed by atoms with van der Waals surface area (Å²) in [6, 6.07) is 1.68. The van der Waals surface area contributed by atoms with Crippen LogP contribution in [0.1, 0.15) is 0 Å². The molecule has 0 unspecified atom stereocenters. The number of thiophene rings is 1. The molecule has 2 rings (SSSR count). The summed E-state index contributed by atoms with van der Waals surface area (Å²) in [7, 11) is -3.35. The van der Waals surface area contributed by atoms with Gasteiger partial charge in [-0.2, -0.15) is 0 Å². The minimum absolute atomic E-state index is 0.00116. The Morgan fingerprint density at radius 1 is 1.43 bits per heavy atom. The summed E-state index contributed by atoms with van der Waals surface area (Å²) in [6.45, 7) is 0. The van der Waals surface area contributed by atoms with E-state index in [4.69, 9.17) is 5.73 Å². The van der Waals surface area contributed by atoms with E-state index in [1.165, 1.54) is 11.3 Å². The van der Waals surface area contributed by atoms with Crippen molar-refractivity contribution in [1.82, 2.24) is 9.97 Å². The second-order valence-corrected chi connectivity index (χ2v) is 5.62. The molecule has 14 heavy (non-hydrogen) atoms. The average Bonchev–Trinajstić information content (AvgIpc) is 2.47. The Bertz CT molecular complexity index is 588. The van der Waals surface area contributed by atoms with E-state index in [-0.39, 0.29) is 11.0 Å². The van der Waals surface area contributed by atoms with Gasteiger partial charge in [0.2, 0.25) is 5.95 Å². The van der Waals surface area contributed by atoms with Gasteiger partial charge < -0.3 is 5.73 Å². The van der Waals surface area contributed by atoms with Gasteiger partial charge in [0.1, 0.15) is 4.83 Å². The van der Waals surface area contributed by atoms with E-state index in [1.54, 1.807) is 11.4 Å². The van der Waals surface area contributed by atoms with Crippen molar-refractivity contribution in [2.24, 2.45) is 0 Å². The Labute approximate surface area is 84.5 Å². The quantitative estimate of drug-likeness (QED) is 0.726. The number of nitrogens with zero attached hydrogens (tertiary/aromatic N) is 2. The molecule has 0 aliphatic heterocycles. The van der Waals surface area contributed by atoms with Gasteiger partial charge in [0.05, 0.1) is 0 Å². The fourth-order valence-electron chi connectivity index (χ4n) is 1.13. The topological polar surface area (TPSA) is 85.9 Å². The van der Waals surface area contributed by atoms with E-state index in [0.29, 0.717) is 10.2 Å². The van der Waals surface area contributed by atoms with E-state index in [1.807, 2.05) is 0 Å². The van der Waals surface area contributed by atoms with Gasteiger partial charge in [-0.15, -0.1) is 11.3 Å². The summed E-state index contributed by atoms with van der Waals surface area (Å²) in [5.74, 6) is -0.0135. The first-order valence-electron chi connectivity index (χ1n) is 3.69. The van der Waals surface area contributed by atoms with Crippen LogP contribution in [0.3, 0.4) is 0 Å². The summed E-state index contributed by atoms with van der Waals surface area (Å²) in [5, 5.41) is 2.29. The monoisotopic (exact) mass is 229 g/mol. The van der Waals surface area contributed by atoms with Crippen molar-refractivity contribution in [1.29, 1.82) is 0 Å². The summed E-state index contributed by atoms with van der Waals surface area (Å²) >= 11 is 1.34. The smallest absolute Gasteiger partial charge is 0.222 e.